The van der Waals surface area contributed by atoms with Crippen molar-refractivity contribution >= 4 is 0 Å². The molecule has 0 saturated carbocycles. The van der Waals surface area contributed by atoms with Crippen molar-refractivity contribution in [2.75, 3.05) is 13.2 Å². The van der Waals surface area contributed by atoms with E-state index in [1.807, 2.05) is 0 Å². The van der Waals surface area contributed by atoms with Gasteiger partial charge >= 0.3 is 0 Å². The summed E-state index contributed by atoms with van der Waals surface area (Å²) < 4.78 is 17.5. The Bertz CT molecular complexity index is 412. The Kier molecular flexibility index (Phi) is 4.70. The number of nitriles is 1. The van der Waals surface area contributed by atoms with Crippen LogP contribution in [-0.4, -0.2) is 25.3 Å². The topological polar surface area (TPSA) is 51.5 Å². The fourth-order valence-electron chi connectivity index (χ4n) is 2.98. The minimum atomic E-state index is -1.03. The highest BCUT2D eigenvalue weighted by Gasteiger charge is 2.57. The predicted molar refractivity (Wildman–Crippen MR) is 74.3 cm³/mol. The molecule has 0 N–H and O–H groups in total. The van der Waals surface area contributed by atoms with E-state index in [1.54, 1.807) is 0 Å². The molecule has 0 aromatic heterocycles. The second kappa shape index (κ2) is 6.14. The summed E-state index contributed by atoms with van der Waals surface area (Å²) in [6.07, 6.45) is 8.97. The van der Waals surface area contributed by atoms with E-state index in [0.29, 0.717) is 25.6 Å². The molecule has 3 aliphatic heterocycles. The predicted octanol–water partition coefficient (Wildman–Crippen LogP) is 2.84. The van der Waals surface area contributed by atoms with Gasteiger partial charge in [-0.2, -0.15) is 5.26 Å². The average Bonchev–Trinajstić information content (AvgIpc) is 2.47. The Morgan fingerprint density at radius 1 is 1.35 bits per heavy atom. The maximum absolute atomic E-state index is 9.37. The number of terminal acetylenes is 1. The zero-order chi connectivity index (χ0) is 14.6. The summed E-state index contributed by atoms with van der Waals surface area (Å²) >= 11 is 0. The summed E-state index contributed by atoms with van der Waals surface area (Å²) in [6.45, 7) is 5.29. The van der Waals surface area contributed by atoms with Crippen molar-refractivity contribution in [3.05, 3.63) is 0 Å². The molecule has 0 aromatic carbocycles. The first-order valence-electron chi connectivity index (χ1n) is 7.38. The van der Waals surface area contributed by atoms with Gasteiger partial charge in [-0.25, -0.2) is 0 Å². The molecule has 4 heteroatoms. The minimum absolute atomic E-state index is 0.296. The molecule has 3 aliphatic rings. The lowest BCUT2D eigenvalue weighted by molar-refractivity contribution is -0.483. The average molecular weight is 277 g/mol. The number of hydrogen-bond acceptors (Lipinski definition) is 4. The van der Waals surface area contributed by atoms with Crippen LogP contribution in [0.5, 0.6) is 0 Å². The van der Waals surface area contributed by atoms with E-state index in [0.717, 1.165) is 25.7 Å². The molecule has 2 unspecified atom stereocenters. The van der Waals surface area contributed by atoms with Crippen LogP contribution >= 0.6 is 0 Å². The van der Waals surface area contributed by atoms with Crippen molar-refractivity contribution in [1.29, 1.82) is 5.26 Å². The van der Waals surface area contributed by atoms with Gasteiger partial charge in [0.25, 0.3) is 5.97 Å². The molecular formula is C16H23NO3. The van der Waals surface area contributed by atoms with Gasteiger partial charge < -0.3 is 14.2 Å². The first kappa shape index (κ1) is 15.3. The lowest BCUT2D eigenvalue weighted by atomic mass is 9.77. The third-order valence-corrected chi connectivity index (χ3v) is 4.29. The van der Waals surface area contributed by atoms with Gasteiger partial charge in [0.1, 0.15) is 0 Å². The molecular weight excluding hydrogens is 254 g/mol. The number of fused-ring (bicyclic) bond motifs is 3. The van der Waals surface area contributed by atoms with E-state index in [-0.39, 0.29) is 5.41 Å². The van der Waals surface area contributed by atoms with Crippen LogP contribution in [0.1, 0.15) is 46.0 Å². The molecule has 4 nitrogen and oxygen atoms in total. The van der Waals surface area contributed by atoms with Gasteiger partial charge in [0.15, 0.2) is 6.10 Å². The molecule has 20 heavy (non-hydrogen) atoms. The van der Waals surface area contributed by atoms with Gasteiger partial charge in [-0.3, -0.25) is 0 Å². The smallest absolute Gasteiger partial charge is 0.284 e. The fourth-order valence-corrected chi connectivity index (χ4v) is 2.98. The van der Waals surface area contributed by atoms with Crippen molar-refractivity contribution in [2.24, 2.45) is 11.3 Å². The SMILES string of the molecule is C#CCC(C)CCC12OCC(CCC)(CO1)C(C#N)O2. The molecule has 0 spiro atoms. The van der Waals surface area contributed by atoms with E-state index in [1.165, 1.54) is 0 Å². The minimum Gasteiger partial charge on any atom is -0.327 e. The monoisotopic (exact) mass is 277 g/mol. The van der Waals surface area contributed by atoms with Crippen molar-refractivity contribution in [3.8, 4) is 18.4 Å². The number of nitrogens with zero attached hydrogens (tertiary/aromatic N) is 1. The Morgan fingerprint density at radius 2 is 2.05 bits per heavy atom. The highest BCUT2D eigenvalue weighted by molar-refractivity contribution is 5.05. The highest BCUT2D eigenvalue weighted by atomic mass is 16.9. The van der Waals surface area contributed by atoms with Crippen LogP contribution in [0, 0.1) is 35.0 Å². The van der Waals surface area contributed by atoms with Crippen molar-refractivity contribution in [3.63, 3.8) is 0 Å². The molecule has 3 heterocycles. The molecule has 2 bridgehead atoms. The molecule has 3 saturated heterocycles. The molecule has 3 fully saturated rings. The maximum atomic E-state index is 9.37. The number of ether oxygens (including phenoxy) is 3. The number of hydrogen-bond donors (Lipinski definition) is 0. The van der Waals surface area contributed by atoms with Crippen molar-refractivity contribution < 1.29 is 14.2 Å². The maximum Gasteiger partial charge on any atom is 0.284 e. The Morgan fingerprint density at radius 3 is 2.60 bits per heavy atom. The standard InChI is InChI=1S/C16H23NO3/c1-4-6-13(3)7-9-16-18-11-15(8-5-2,12-19-16)14(10-17)20-16/h1,13-14H,5-9,11-12H2,2-3H3. The second-order valence-electron chi connectivity index (χ2n) is 6.05. The molecule has 3 rings (SSSR count). The van der Waals surface area contributed by atoms with Gasteiger partial charge in [-0.1, -0.05) is 20.3 Å². The summed E-state index contributed by atoms with van der Waals surface area (Å²) in [4.78, 5) is 0. The molecule has 0 amide bonds. The lowest BCUT2D eigenvalue weighted by Crippen LogP contribution is -2.64. The van der Waals surface area contributed by atoms with E-state index < -0.39 is 12.1 Å². The van der Waals surface area contributed by atoms with Crippen LogP contribution < -0.4 is 0 Å². The summed E-state index contributed by atoms with van der Waals surface area (Å²) in [5.74, 6) is 2.03. The third kappa shape index (κ3) is 2.83. The van der Waals surface area contributed by atoms with Gasteiger partial charge in [0, 0.05) is 12.8 Å². The van der Waals surface area contributed by atoms with Crippen LogP contribution in [0.15, 0.2) is 0 Å². The van der Waals surface area contributed by atoms with Crippen LogP contribution in [-0.2, 0) is 14.2 Å². The highest BCUT2D eigenvalue weighted by Crippen LogP contribution is 2.47. The first-order chi connectivity index (χ1) is 9.60. The van der Waals surface area contributed by atoms with Crippen LogP contribution in [0.25, 0.3) is 0 Å². The van der Waals surface area contributed by atoms with E-state index >= 15 is 0 Å². The first-order valence-corrected chi connectivity index (χ1v) is 7.38. The van der Waals surface area contributed by atoms with Gasteiger partial charge in [-0.05, 0) is 18.8 Å². The normalized spacial score (nSPS) is 37.1. The molecule has 0 aliphatic carbocycles. The van der Waals surface area contributed by atoms with Gasteiger partial charge in [0.2, 0.25) is 0 Å². The zero-order valence-electron chi connectivity index (χ0n) is 12.4. The Labute approximate surface area is 121 Å². The van der Waals surface area contributed by atoms with Gasteiger partial charge in [0.05, 0.1) is 24.7 Å². The van der Waals surface area contributed by atoms with Crippen LogP contribution in [0.4, 0.5) is 0 Å². The molecule has 2 atom stereocenters. The molecule has 0 aromatic rings. The largest absolute Gasteiger partial charge is 0.327 e. The fraction of sp³-hybridized carbons (Fsp3) is 0.812. The quantitative estimate of drug-likeness (QED) is 0.701. The number of rotatable bonds is 6. The van der Waals surface area contributed by atoms with Gasteiger partial charge in [-0.15, -0.1) is 12.3 Å². The van der Waals surface area contributed by atoms with Crippen LogP contribution in [0.2, 0.25) is 0 Å². The van der Waals surface area contributed by atoms with Crippen molar-refractivity contribution in [1.82, 2.24) is 0 Å². The van der Waals surface area contributed by atoms with E-state index in [9.17, 15) is 5.26 Å². The second-order valence-corrected chi connectivity index (χ2v) is 6.05. The van der Waals surface area contributed by atoms with E-state index in [4.69, 9.17) is 20.6 Å². The molecule has 0 radical (unpaired) electrons. The summed E-state index contributed by atoms with van der Waals surface area (Å²) in [6, 6.07) is 2.28. The van der Waals surface area contributed by atoms with Crippen molar-refractivity contribution in [2.45, 2.75) is 58.0 Å². The zero-order valence-corrected chi connectivity index (χ0v) is 12.4. The Balaban J connectivity index is 2.00. The summed E-state index contributed by atoms with van der Waals surface area (Å²) in [5.41, 5.74) is -0.296. The Hall–Kier alpha value is -1.07. The summed E-state index contributed by atoms with van der Waals surface area (Å²) in [7, 11) is 0. The molecule has 110 valence electrons. The third-order valence-electron chi connectivity index (χ3n) is 4.29. The summed E-state index contributed by atoms with van der Waals surface area (Å²) in [5, 5.41) is 9.37. The lowest BCUT2D eigenvalue weighted by Gasteiger charge is -2.54. The van der Waals surface area contributed by atoms with Crippen LogP contribution in [0.3, 0.4) is 0 Å². The van der Waals surface area contributed by atoms with E-state index in [2.05, 4.69) is 25.8 Å².